The summed E-state index contributed by atoms with van der Waals surface area (Å²) >= 11 is 2.84. The number of carbonyl (C=O) groups is 3. The van der Waals surface area contributed by atoms with Gasteiger partial charge in [-0.05, 0) is 113 Å². The average Bonchev–Trinajstić information content (AvgIpc) is 3.17. The number of nitrogens with zero attached hydrogens (tertiary/aromatic N) is 2. The summed E-state index contributed by atoms with van der Waals surface area (Å²) in [6, 6.07) is 15.0. The molecule has 1 N–H and O–H groups in total. The van der Waals surface area contributed by atoms with Crippen LogP contribution in [0.25, 0.3) is 6.08 Å². The van der Waals surface area contributed by atoms with Gasteiger partial charge in [-0.1, -0.05) is 6.07 Å². The maximum atomic E-state index is 13.0. The van der Waals surface area contributed by atoms with Crippen molar-refractivity contribution in [1.82, 2.24) is 4.90 Å². The normalized spacial score (nSPS) is 14.0. The number of ether oxygens (including phenoxy) is 2. The van der Waals surface area contributed by atoms with E-state index in [-0.39, 0.29) is 17.2 Å². The number of anilines is 1. The van der Waals surface area contributed by atoms with Crippen molar-refractivity contribution in [2.75, 3.05) is 19.0 Å². The number of thioether (sulfide) groups is 1. The number of hydrogen-bond donors (Lipinski definition) is 1. The highest BCUT2D eigenvalue weighted by Gasteiger charge is 2.36. The van der Waals surface area contributed by atoms with Crippen molar-refractivity contribution in [3.05, 3.63) is 95.4 Å². The highest BCUT2D eigenvalue weighted by molar-refractivity contribution is 14.1. The van der Waals surface area contributed by atoms with Crippen LogP contribution in [0.2, 0.25) is 0 Å². The van der Waals surface area contributed by atoms with Gasteiger partial charge in [0.25, 0.3) is 16.8 Å². The molecule has 206 valence electrons. The molecule has 0 atom stereocenters. The Balaban J connectivity index is 1.45. The van der Waals surface area contributed by atoms with Crippen LogP contribution in [0.4, 0.5) is 16.2 Å². The monoisotopic (exact) mass is 673 g/mol. The molecule has 10 nitrogen and oxygen atoms in total. The Kier molecular flexibility index (Phi) is 9.10. The van der Waals surface area contributed by atoms with E-state index in [2.05, 4.69) is 27.9 Å². The van der Waals surface area contributed by atoms with Gasteiger partial charge in [0.2, 0.25) is 5.91 Å². The minimum absolute atomic E-state index is 0.00772. The SMILES string of the molecule is COc1cc(/C=C2/SC(=O)N(CC(=O)Nc3ccc(C)c(C)c3)C2=O)cc(I)c1OCc1ccc([N+](=O)[O-])cc1. The summed E-state index contributed by atoms with van der Waals surface area (Å²) in [6.45, 7) is 3.66. The number of methoxy groups -OCH3 is 1. The Bertz CT molecular complexity index is 1540. The first-order valence-corrected chi connectivity index (χ1v) is 13.8. The number of nitrogens with one attached hydrogen (secondary N) is 1. The third-order valence-corrected chi connectivity index (χ3v) is 7.75. The zero-order valence-corrected chi connectivity index (χ0v) is 24.7. The summed E-state index contributed by atoms with van der Waals surface area (Å²) in [5, 5.41) is 13.1. The highest BCUT2D eigenvalue weighted by Crippen LogP contribution is 2.37. The van der Waals surface area contributed by atoms with Crippen molar-refractivity contribution in [3.63, 3.8) is 0 Å². The Labute approximate surface area is 248 Å². The zero-order chi connectivity index (χ0) is 29.0. The number of non-ortho nitro benzene ring substituents is 1. The minimum atomic E-state index is -0.558. The molecule has 1 heterocycles. The molecule has 0 aromatic heterocycles. The molecule has 0 radical (unpaired) electrons. The average molecular weight is 673 g/mol. The standard InChI is InChI=1S/C28H24IN3O7S/c1-16-4-7-20(10-17(16)2)30-25(33)14-31-27(34)24(40-28(31)35)13-19-11-22(29)26(23(12-19)38-3)39-15-18-5-8-21(9-6-18)32(36)37/h4-13H,14-15H2,1-3H3,(H,30,33)/b24-13+. The molecule has 0 unspecified atom stereocenters. The third kappa shape index (κ3) is 6.80. The summed E-state index contributed by atoms with van der Waals surface area (Å²) in [6.07, 6.45) is 1.57. The van der Waals surface area contributed by atoms with Gasteiger partial charge in [-0.25, -0.2) is 0 Å². The smallest absolute Gasteiger partial charge is 0.294 e. The molecule has 12 heteroatoms. The molecule has 40 heavy (non-hydrogen) atoms. The Hall–Kier alpha value is -3.91. The summed E-state index contributed by atoms with van der Waals surface area (Å²) in [7, 11) is 1.48. The van der Waals surface area contributed by atoms with Gasteiger partial charge < -0.3 is 14.8 Å². The second kappa shape index (κ2) is 12.5. The number of carbonyl (C=O) groups excluding carboxylic acids is 3. The number of halogens is 1. The first kappa shape index (κ1) is 29.1. The minimum Gasteiger partial charge on any atom is -0.493 e. The summed E-state index contributed by atoms with van der Waals surface area (Å²) in [5.41, 5.74) is 4.03. The molecule has 1 aliphatic rings. The van der Waals surface area contributed by atoms with Gasteiger partial charge in [-0.2, -0.15) is 0 Å². The molecule has 3 aromatic rings. The van der Waals surface area contributed by atoms with Gasteiger partial charge >= 0.3 is 0 Å². The van der Waals surface area contributed by atoms with E-state index in [9.17, 15) is 24.5 Å². The maximum Gasteiger partial charge on any atom is 0.294 e. The number of benzene rings is 3. The van der Waals surface area contributed by atoms with E-state index in [1.54, 1.807) is 36.4 Å². The van der Waals surface area contributed by atoms with Gasteiger partial charge in [0.1, 0.15) is 13.2 Å². The van der Waals surface area contributed by atoms with Crippen molar-refractivity contribution in [3.8, 4) is 11.5 Å². The molecule has 3 amide bonds. The van der Waals surface area contributed by atoms with Crippen LogP contribution in [0.5, 0.6) is 11.5 Å². The zero-order valence-electron chi connectivity index (χ0n) is 21.7. The third-order valence-electron chi connectivity index (χ3n) is 6.05. The fraction of sp³-hybridized carbons (Fsp3) is 0.179. The molecule has 4 rings (SSSR count). The summed E-state index contributed by atoms with van der Waals surface area (Å²) < 4.78 is 12.1. The predicted molar refractivity (Wildman–Crippen MR) is 160 cm³/mol. The van der Waals surface area contributed by atoms with Gasteiger partial charge in [0, 0.05) is 17.8 Å². The molecule has 1 saturated heterocycles. The van der Waals surface area contributed by atoms with Crippen LogP contribution < -0.4 is 14.8 Å². The van der Waals surface area contributed by atoms with Crippen LogP contribution in [-0.4, -0.2) is 40.5 Å². The largest absolute Gasteiger partial charge is 0.493 e. The van der Waals surface area contributed by atoms with Gasteiger partial charge in [-0.15, -0.1) is 0 Å². The number of aryl methyl sites for hydroxylation is 2. The van der Waals surface area contributed by atoms with E-state index in [1.807, 2.05) is 26.0 Å². The number of amides is 3. The van der Waals surface area contributed by atoms with Crippen LogP contribution in [0, 0.1) is 27.5 Å². The molecule has 0 saturated carbocycles. The van der Waals surface area contributed by atoms with Gasteiger partial charge in [0.05, 0.1) is 20.5 Å². The van der Waals surface area contributed by atoms with Crippen LogP contribution in [-0.2, 0) is 16.2 Å². The number of nitro groups is 1. The lowest BCUT2D eigenvalue weighted by Crippen LogP contribution is -2.36. The van der Waals surface area contributed by atoms with E-state index in [0.29, 0.717) is 26.3 Å². The lowest BCUT2D eigenvalue weighted by molar-refractivity contribution is -0.384. The van der Waals surface area contributed by atoms with E-state index in [1.165, 1.54) is 19.2 Å². The molecular weight excluding hydrogens is 649 g/mol. The number of nitro benzene ring substituents is 1. The Morgan fingerprint density at radius 3 is 2.48 bits per heavy atom. The fourth-order valence-corrected chi connectivity index (χ4v) is 5.40. The van der Waals surface area contributed by atoms with Crippen molar-refractivity contribution in [1.29, 1.82) is 0 Å². The lowest BCUT2D eigenvalue weighted by Gasteiger charge is -2.14. The maximum absolute atomic E-state index is 13.0. The van der Waals surface area contributed by atoms with Gasteiger partial charge in [-0.3, -0.25) is 29.4 Å². The molecule has 0 bridgehead atoms. The van der Waals surface area contributed by atoms with Crippen molar-refractivity contribution in [2.45, 2.75) is 20.5 Å². The first-order valence-electron chi connectivity index (χ1n) is 11.9. The molecule has 1 aliphatic heterocycles. The van der Waals surface area contributed by atoms with E-state index in [4.69, 9.17) is 9.47 Å². The first-order chi connectivity index (χ1) is 19.0. The number of hydrogen-bond acceptors (Lipinski definition) is 8. The fourth-order valence-electron chi connectivity index (χ4n) is 3.78. The van der Waals surface area contributed by atoms with Crippen molar-refractivity contribution < 1.29 is 28.8 Å². The van der Waals surface area contributed by atoms with E-state index in [0.717, 1.165) is 33.4 Å². The van der Waals surface area contributed by atoms with Crippen LogP contribution >= 0.6 is 34.4 Å². The van der Waals surface area contributed by atoms with Crippen molar-refractivity contribution in [2.24, 2.45) is 0 Å². The highest BCUT2D eigenvalue weighted by atomic mass is 127. The van der Waals surface area contributed by atoms with Crippen LogP contribution in [0.1, 0.15) is 22.3 Å². The Morgan fingerprint density at radius 1 is 1.10 bits per heavy atom. The van der Waals surface area contributed by atoms with Crippen molar-refractivity contribution >= 4 is 68.9 Å². The Morgan fingerprint density at radius 2 is 1.82 bits per heavy atom. The molecule has 3 aromatic carbocycles. The topological polar surface area (TPSA) is 128 Å². The summed E-state index contributed by atoms with van der Waals surface area (Å²) in [5.74, 6) is -0.156. The second-order valence-corrected chi connectivity index (χ2v) is 11.0. The van der Waals surface area contributed by atoms with E-state index >= 15 is 0 Å². The second-order valence-electron chi connectivity index (χ2n) is 8.86. The molecule has 1 fully saturated rings. The van der Waals surface area contributed by atoms with Crippen LogP contribution in [0.3, 0.4) is 0 Å². The molecule has 0 aliphatic carbocycles. The number of imide groups is 1. The molecule has 0 spiro atoms. The lowest BCUT2D eigenvalue weighted by atomic mass is 10.1. The molecular formula is C28H24IN3O7S. The predicted octanol–water partition coefficient (Wildman–Crippen LogP) is 6.08. The summed E-state index contributed by atoms with van der Waals surface area (Å²) in [4.78, 5) is 49.6. The van der Waals surface area contributed by atoms with Gasteiger partial charge in [0.15, 0.2) is 11.5 Å². The quantitative estimate of drug-likeness (QED) is 0.125. The van der Waals surface area contributed by atoms with E-state index < -0.39 is 28.5 Å². The number of rotatable bonds is 9. The van der Waals surface area contributed by atoms with Crippen LogP contribution in [0.15, 0.2) is 59.5 Å².